The topological polar surface area (TPSA) is 42.0 Å². The maximum atomic E-state index is 11.8. The quantitative estimate of drug-likeness (QED) is 0.725. The van der Waals surface area contributed by atoms with Crippen LogP contribution >= 0.6 is 0 Å². The van der Waals surface area contributed by atoms with Crippen LogP contribution in [0.4, 0.5) is 4.79 Å². The van der Waals surface area contributed by atoms with Crippen molar-refractivity contribution in [1.82, 2.24) is 9.80 Å². The number of hydrogen-bond acceptors (Lipinski definition) is 4. The molecule has 2 fully saturated rings. The van der Waals surface area contributed by atoms with Gasteiger partial charge in [0.25, 0.3) is 0 Å². The minimum Gasteiger partial charge on any atom is -0.447 e. The molecule has 2 aliphatic heterocycles. The molecule has 2 heterocycles. The van der Waals surface area contributed by atoms with Crippen LogP contribution < -0.4 is 0 Å². The minimum absolute atomic E-state index is 0.111. The van der Waals surface area contributed by atoms with Crippen molar-refractivity contribution in [2.24, 2.45) is 0 Å². The highest BCUT2D eigenvalue weighted by Gasteiger charge is 2.49. The van der Waals surface area contributed by atoms with Gasteiger partial charge in [-0.15, -0.1) is 0 Å². The van der Waals surface area contributed by atoms with Gasteiger partial charge in [-0.3, -0.25) is 9.80 Å². The number of nitrogens with zero attached hydrogens (tertiary/aromatic N) is 2. The molecule has 23 heavy (non-hydrogen) atoms. The summed E-state index contributed by atoms with van der Waals surface area (Å²) in [6.07, 6.45) is 1.82. The Morgan fingerprint density at radius 3 is 2.87 bits per heavy atom. The first-order valence-corrected chi connectivity index (χ1v) is 8.52. The minimum atomic E-state index is -0.141. The van der Waals surface area contributed by atoms with Crippen LogP contribution in [0.25, 0.3) is 0 Å². The SMILES string of the molecule is CCC12COC(=O)N1CCN(CCCOCc1ccccc1)C2. The molecule has 1 unspecified atom stereocenters. The van der Waals surface area contributed by atoms with Gasteiger partial charge in [0.2, 0.25) is 0 Å². The molecule has 1 aromatic rings. The first kappa shape index (κ1) is 16.3. The number of piperazine rings is 1. The Hall–Kier alpha value is -1.59. The summed E-state index contributed by atoms with van der Waals surface area (Å²) in [7, 11) is 0. The molecule has 5 heteroatoms. The molecule has 1 atom stereocenters. The number of carbonyl (C=O) groups excluding carboxylic acids is 1. The maximum absolute atomic E-state index is 11.8. The molecular formula is C18H26N2O3. The first-order chi connectivity index (χ1) is 11.2. The van der Waals surface area contributed by atoms with Crippen LogP contribution in [0.2, 0.25) is 0 Å². The van der Waals surface area contributed by atoms with Crippen molar-refractivity contribution in [2.75, 3.05) is 39.4 Å². The van der Waals surface area contributed by atoms with E-state index >= 15 is 0 Å². The van der Waals surface area contributed by atoms with E-state index in [2.05, 4.69) is 24.0 Å². The van der Waals surface area contributed by atoms with Crippen LogP contribution in [-0.4, -0.2) is 60.8 Å². The van der Waals surface area contributed by atoms with Crippen molar-refractivity contribution < 1.29 is 14.3 Å². The van der Waals surface area contributed by atoms with Crippen molar-refractivity contribution >= 4 is 6.09 Å². The first-order valence-electron chi connectivity index (χ1n) is 8.52. The number of ether oxygens (including phenoxy) is 2. The third kappa shape index (κ3) is 3.67. The molecule has 0 bridgehead atoms. The molecule has 0 N–H and O–H groups in total. The lowest BCUT2D eigenvalue weighted by Crippen LogP contribution is -2.61. The summed E-state index contributed by atoms with van der Waals surface area (Å²) < 4.78 is 11.0. The molecule has 0 radical (unpaired) electrons. The van der Waals surface area contributed by atoms with Crippen LogP contribution in [0.1, 0.15) is 25.3 Å². The summed E-state index contributed by atoms with van der Waals surface area (Å²) in [4.78, 5) is 16.1. The fraction of sp³-hybridized carbons (Fsp3) is 0.611. The second-order valence-electron chi connectivity index (χ2n) is 6.45. The second-order valence-corrected chi connectivity index (χ2v) is 6.45. The fourth-order valence-electron chi connectivity index (χ4n) is 3.49. The van der Waals surface area contributed by atoms with E-state index in [-0.39, 0.29) is 11.6 Å². The largest absolute Gasteiger partial charge is 0.447 e. The average molecular weight is 318 g/mol. The Balaban J connectivity index is 1.39. The average Bonchev–Trinajstić information content (AvgIpc) is 2.93. The van der Waals surface area contributed by atoms with Crippen molar-refractivity contribution in [3.05, 3.63) is 35.9 Å². The summed E-state index contributed by atoms with van der Waals surface area (Å²) in [5.74, 6) is 0. The zero-order valence-corrected chi connectivity index (χ0v) is 13.9. The molecule has 3 rings (SSSR count). The van der Waals surface area contributed by atoms with Gasteiger partial charge in [0, 0.05) is 32.8 Å². The molecule has 0 spiro atoms. The van der Waals surface area contributed by atoms with Crippen LogP contribution in [0, 0.1) is 0 Å². The number of rotatable bonds is 7. The van der Waals surface area contributed by atoms with E-state index in [0.717, 1.165) is 45.6 Å². The Kier molecular flexibility index (Phi) is 5.18. The zero-order valence-electron chi connectivity index (χ0n) is 13.9. The lowest BCUT2D eigenvalue weighted by Gasteiger charge is -2.44. The molecular weight excluding hydrogens is 292 g/mol. The number of carbonyl (C=O) groups is 1. The monoisotopic (exact) mass is 318 g/mol. The summed E-state index contributed by atoms with van der Waals surface area (Å²) in [6, 6.07) is 10.3. The lowest BCUT2D eigenvalue weighted by atomic mass is 9.93. The van der Waals surface area contributed by atoms with Crippen LogP contribution in [0.5, 0.6) is 0 Å². The van der Waals surface area contributed by atoms with Gasteiger partial charge < -0.3 is 9.47 Å². The summed E-state index contributed by atoms with van der Waals surface area (Å²) >= 11 is 0. The predicted molar refractivity (Wildman–Crippen MR) is 88.2 cm³/mol. The molecule has 2 saturated heterocycles. The molecule has 0 aliphatic carbocycles. The summed E-state index contributed by atoms with van der Waals surface area (Å²) in [5.41, 5.74) is 1.10. The summed E-state index contributed by atoms with van der Waals surface area (Å²) in [6.45, 7) is 7.74. The number of hydrogen-bond donors (Lipinski definition) is 0. The Labute approximate surface area is 138 Å². The van der Waals surface area contributed by atoms with E-state index in [4.69, 9.17) is 9.47 Å². The molecule has 0 saturated carbocycles. The standard InChI is InChI=1S/C18H26N2O3/c1-2-18-14-19(10-11-20(18)17(21)23-15-18)9-6-12-22-13-16-7-4-3-5-8-16/h3-5,7-8H,2,6,9-15H2,1H3. The van der Waals surface area contributed by atoms with E-state index < -0.39 is 0 Å². The van der Waals surface area contributed by atoms with Crippen LogP contribution in [0.3, 0.4) is 0 Å². The van der Waals surface area contributed by atoms with Gasteiger partial charge >= 0.3 is 6.09 Å². The molecule has 126 valence electrons. The van der Waals surface area contributed by atoms with Gasteiger partial charge in [0.05, 0.1) is 12.1 Å². The molecule has 0 aromatic heterocycles. The van der Waals surface area contributed by atoms with Gasteiger partial charge in [-0.05, 0) is 18.4 Å². The molecule has 2 aliphatic rings. The van der Waals surface area contributed by atoms with Crippen molar-refractivity contribution in [1.29, 1.82) is 0 Å². The van der Waals surface area contributed by atoms with E-state index in [9.17, 15) is 4.79 Å². The highest BCUT2D eigenvalue weighted by molar-refractivity contribution is 5.71. The van der Waals surface area contributed by atoms with Crippen molar-refractivity contribution in [2.45, 2.75) is 31.9 Å². The number of cyclic esters (lactones) is 1. The summed E-state index contributed by atoms with van der Waals surface area (Å²) in [5, 5.41) is 0. The van der Waals surface area contributed by atoms with Crippen molar-refractivity contribution in [3.63, 3.8) is 0 Å². The smallest absolute Gasteiger partial charge is 0.410 e. The number of amides is 1. The highest BCUT2D eigenvalue weighted by Crippen LogP contribution is 2.31. The fourth-order valence-corrected chi connectivity index (χ4v) is 3.49. The molecule has 1 aromatic carbocycles. The highest BCUT2D eigenvalue weighted by atomic mass is 16.6. The van der Waals surface area contributed by atoms with E-state index in [1.165, 1.54) is 5.56 Å². The predicted octanol–water partition coefficient (Wildman–Crippen LogP) is 2.51. The molecule has 5 nitrogen and oxygen atoms in total. The van der Waals surface area contributed by atoms with Gasteiger partial charge in [0.1, 0.15) is 6.61 Å². The van der Waals surface area contributed by atoms with Crippen molar-refractivity contribution in [3.8, 4) is 0 Å². The van der Waals surface area contributed by atoms with Gasteiger partial charge in [0.15, 0.2) is 0 Å². The second kappa shape index (κ2) is 7.32. The van der Waals surface area contributed by atoms with Gasteiger partial charge in [-0.25, -0.2) is 4.79 Å². The van der Waals surface area contributed by atoms with Crippen LogP contribution in [-0.2, 0) is 16.1 Å². The van der Waals surface area contributed by atoms with E-state index in [1.54, 1.807) is 0 Å². The maximum Gasteiger partial charge on any atom is 0.410 e. The number of fused-ring (bicyclic) bond motifs is 1. The third-order valence-corrected chi connectivity index (χ3v) is 4.95. The Bertz CT molecular complexity index is 522. The zero-order chi connectivity index (χ0) is 16.1. The normalized spacial score (nSPS) is 24.6. The Morgan fingerprint density at radius 1 is 1.26 bits per heavy atom. The van der Waals surface area contributed by atoms with Gasteiger partial charge in [-0.2, -0.15) is 0 Å². The van der Waals surface area contributed by atoms with Crippen LogP contribution in [0.15, 0.2) is 30.3 Å². The number of benzene rings is 1. The van der Waals surface area contributed by atoms with E-state index in [1.807, 2.05) is 23.1 Å². The lowest BCUT2D eigenvalue weighted by molar-refractivity contribution is 0.0402. The van der Waals surface area contributed by atoms with E-state index in [0.29, 0.717) is 13.2 Å². The molecule has 1 amide bonds. The van der Waals surface area contributed by atoms with Gasteiger partial charge in [-0.1, -0.05) is 37.3 Å². The Morgan fingerprint density at radius 2 is 2.09 bits per heavy atom. The third-order valence-electron chi connectivity index (χ3n) is 4.95.